The maximum atomic E-state index is 12.4. The zero-order valence-corrected chi connectivity index (χ0v) is 27.4. The highest BCUT2D eigenvalue weighted by Gasteiger charge is 2.39. The van der Waals surface area contributed by atoms with Crippen LogP contribution in [0.25, 0.3) is 44.5 Å². The molecule has 1 aromatic carbocycles. The van der Waals surface area contributed by atoms with Gasteiger partial charge >= 0.3 is 7.82 Å². The third kappa shape index (κ3) is 6.26. The number of para-hydroxylation sites is 1. The van der Waals surface area contributed by atoms with Gasteiger partial charge < -0.3 is 44.4 Å². The summed E-state index contributed by atoms with van der Waals surface area (Å²) in [5.41, 5.74) is 14.2. The van der Waals surface area contributed by atoms with E-state index in [1.54, 1.807) is 4.57 Å². The molecule has 2 saturated heterocycles. The molecular formula is C31H34N9O9P. The van der Waals surface area contributed by atoms with E-state index in [0.29, 0.717) is 48.7 Å². The predicted octanol–water partition coefficient (Wildman–Crippen LogP) is 3.24. The van der Waals surface area contributed by atoms with Crippen LogP contribution in [0.4, 0.5) is 11.8 Å². The number of H-pyrrole nitrogens is 1. The maximum Gasteiger partial charge on any atom is 0.469 e. The van der Waals surface area contributed by atoms with E-state index in [2.05, 4.69) is 24.9 Å². The molecule has 0 saturated carbocycles. The number of rotatable bonds is 11. The number of anilines is 2. The van der Waals surface area contributed by atoms with Crippen LogP contribution in [-0.4, -0.2) is 75.9 Å². The van der Waals surface area contributed by atoms with E-state index < -0.39 is 25.7 Å². The molecule has 0 bridgehead atoms. The second-order valence-electron chi connectivity index (χ2n) is 12.4. The lowest BCUT2D eigenvalue weighted by molar-refractivity contribution is -0.0485. The minimum Gasteiger partial charge on any atom is -0.456 e. The van der Waals surface area contributed by atoms with E-state index >= 15 is 0 Å². The topological polar surface area (TPSA) is 254 Å². The van der Waals surface area contributed by atoms with Crippen LogP contribution in [0.3, 0.4) is 0 Å². The lowest BCUT2D eigenvalue weighted by atomic mass is 10.00. The van der Waals surface area contributed by atoms with Gasteiger partial charge in [0.2, 0.25) is 5.95 Å². The number of nitrogens with zero attached hydrogens (tertiary/aromatic N) is 6. The number of imidazole rings is 1. The molecule has 5 atom stereocenters. The maximum absolute atomic E-state index is 12.4. The summed E-state index contributed by atoms with van der Waals surface area (Å²) in [7, 11) is -4.70. The number of hydrogen-bond acceptors (Lipinski definition) is 13. The van der Waals surface area contributed by atoms with Gasteiger partial charge in [0.25, 0.3) is 5.56 Å². The van der Waals surface area contributed by atoms with Crippen LogP contribution in [0, 0.1) is 5.92 Å². The number of nitrogens with one attached hydrogen (secondary N) is 1. The van der Waals surface area contributed by atoms with E-state index in [1.165, 1.54) is 12.7 Å². The number of ether oxygens (including phenoxy) is 3. The Hall–Kier alpha value is -4.68. The van der Waals surface area contributed by atoms with Gasteiger partial charge in [-0.1, -0.05) is 18.2 Å². The Kier molecular flexibility index (Phi) is 8.39. The smallest absolute Gasteiger partial charge is 0.456 e. The first-order valence-corrected chi connectivity index (χ1v) is 17.6. The third-order valence-corrected chi connectivity index (χ3v) is 9.60. The molecular weight excluding hydrogens is 673 g/mol. The van der Waals surface area contributed by atoms with Crippen LogP contribution in [-0.2, 0) is 23.3 Å². The van der Waals surface area contributed by atoms with Crippen molar-refractivity contribution < 1.29 is 37.5 Å². The van der Waals surface area contributed by atoms with Crippen molar-refractivity contribution in [1.29, 1.82) is 0 Å². The van der Waals surface area contributed by atoms with Crippen LogP contribution >= 0.6 is 7.82 Å². The van der Waals surface area contributed by atoms with Gasteiger partial charge in [-0.2, -0.15) is 4.98 Å². The fourth-order valence-corrected chi connectivity index (χ4v) is 7.24. The third-order valence-electron chi connectivity index (χ3n) is 9.12. The molecule has 19 heteroatoms. The number of nitrogen functional groups attached to an aromatic ring is 2. The van der Waals surface area contributed by atoms with Crippen molar-refractivity contribution in [2.45, 2.75) is 50.3 Å². The van der Waals surface area contributed by atoms with Gasteiger partial charge in [0, 0.05) is 29.7 Å². The predicted molar refractivity (Wildman–Crippen MR) is 178 cm³/mol. The molecule has 7 heterocycles. The summed E-state index contributed by atoms with van der Waals surface area (Å²) in [6.45, 7) is 0.366. The van der Waals surface area contributed by atoms with Gasteiger partial charge in [-0.3, -0.25) is 18.9 Å². The number of aromatic amines is 1. The Labute approximate surface area is 282 Å². The summed E-state index contributed by atoms with van der Waals surface area (Å²) in [5, 5.41) is 1.67. The SMILES string of the molecule is Nc1nc2c(ncn2C2OC(COP(=O)(O)O)C[C@H]2CCOCC2CCC(n3cc(-c4cc5ccccc5o4)c4c(N)ncnc43)O2)c(=O)[nH]1. The van der Waals surface area contributed by atoms with Crippen molar-refractivity contribution in [3.63, 3.8) is 0 Å². The van der Waals surface area contributed by atoms with Gasteiger partial charge in [-0.25, -0.2) is 19.5 Å². The number of furan rings is 1. The largest absolute Gasteiger partial charge is 0.469 e. The van der Waals surface area contributed by atoms with E-state index in [0.717, 1.165) is 29.4 Å². The minimum absolute atomic E-state index is 0.0760. The van der Waals surface area contributed by atoms with Crippen LogP contribution in [0.15, 0.2) is 58.4 Å². The molecule has 262 valence electrons. The standard InChI is InChI=1S/C31H34N9O9P/c32-26-24-20(22-10-16-3-1-2-4-21(16)49-22)11-39(27(24)35-14-34-26)23-6-5-18(47-23)12-45-8-7-17-9-19(13-46-50(42,43)44)48-30(17)40-15-36-25-28(40)37-31(33)38-29(25)41/h1-4,10-11,14-15,17-19,23,30H,5-9,12-13H2,(H2,32,34,35)(H2,42,43,44)(H3,33,37,38,41)/t17-,18?,19?,23?,30?/m1/s1. The first-order chi connectivity index (χ1) is 24.1. The number of phosphoric ester groups is 1. The van der Waals surface area contributed by atoms with Crippen molar-refractivity contribution in [3.8, 4) is 11.3 Å². The summed E-state index contributed by atoms with van der Waals surface area (Å²) < 4.78 is 44.5. The van der Waals surface area contributed by atoms with Crippen molar-refractivity contribution in [2.24, 2.45) is 5.92 Å². The van der Waals surface area contributed by atoms with Gasteiger partial charge in [0.05, 0.1) is 37.1 Å². The number of benzene rings is 1. The fraction of sp³-hybridized carbons (Fsp3) is 0.387. The molecule has 0 radical (unpaired) electrons. The highest BCUT2D eigenvalue weighted by atomic mass is 31.2. The normalized spacial score (nSPS) is 22.8. The molecule has 5 aromatic heterocycles. The summed E-state index contributed by atoms with van der Waals surface area (Å²) in [5.74, 6) is 0.744. The Morgan fingerprint density at radius 2 is 1.90 bits per heavy atom. The molecule has 7 N–H and O–H groups in total. The second kappa shape index (κ2) is 12.9. The lowest BCUT2D eigenvalue weighted by Gasteiger charge is -2.21. The van der Waals surface area contributed by atoms with Crippen molar-refractivity contribution in [2.75, 3.05) is 31.3 Å². The Morgan fingerprint density at radius 1 is 1.04 bits per heavy atom. The molecule has 2 aliphatic heterocycles. The number of phosphoric acid groups is 1. The van der Waals surface area contributed by atoms with Crippen LogP contribution in [0.2, 0.25) is 0 Å². The summed E-state index contributed by atoms with van der Waals surface area (Å²) in [4.78, 5) is 50.4. The second-order valence-corrected chi connectivity index (χ2v) is 13.7. The monoisotopic (exact) mass is 707 g/mol. The summed E-state index contributed by atoms with van der Waals surface area (Å²) >= 11 is 0. The molecule has 2 aliphatic rings. The molecule has 6 aromatic rings. The van der Waals surface area contributed by atoms with Crippen LogP contribution < -0.4 is 17.0 Å². The Morgan fingerprint density at radius 3 is 2.74 bits per heavy atom. The Balaban J connectivity index is 0.937. The molecule has 2 fully saturated rings. The molecule has 18 nitrogen and oxygen atoms in total. The Bertz CT molecular complexity index is 2260. The average Bonchev–Trinajstić information content (AvgIpc) is 3.90. The number of nitrogens with two attached hydrogens (primary N) is 2. The molecule has 8 rings (SSSR count). The molecule has 50 heavy (non-hydrogen) atoms. The van der Waals surface area contributed by atoms with Crippen molar-refractivity contribution in [3.05, 3.63) is 59.5 Å². The number of hydrogen-bond donors (Lipinski definition) is 5. The number of fused-ring (bicyclic) bond motifs is 3. The van der Waals surface area contributed by atoms with E-state index in [-0.39, 0.29) is 42.0 Å². The first-order valence-electron chi connectivity index (χ1n) is 16.0. The highest BCUT2D eigenvalue weighted by Crippen LogP contribution is 2.42. The molecule has 4 unspecified atom stereocenters. The van der Waals surface area contributed by atoms with Gasteiger partial charge in [0.15, 0.2) is 11.2 Å². The van der Waals surface area contributed by atoms with Gasteiger partial charge in [-0.15, -0.1) is 0 Å². The average molecular weight is 708 g/mol. The molecule has 0 aliphatic carbocycles. The lowest BCUT2D eigenvalue weighted by Crippen LogP contribution is -2.20. The summed E-state index contributed by atoms with van der Waals surface area (Å²) in [6, 6.07) is 9.75. The fourth-order valence-electron chi connectivity index (χ4n) is 6.88. The minimum atomic E-state index is -4.70. The van der Waals surface area contributed by atoms with E-state index in [9.17, 15) is 19.1 Å². The van der Waals surface area contributed by atoms with Gasteiger partial charge in [-0.05, 0) is 37.8 Å². The number of aromatic nitrogens is 7. The quantitative estimate of drug-likeness (QED) is 0.0957. The molecule has 0 amide bonds. The van der Waals surface area contributed by atoms with Crippen molar-refractivity contribution >= 4 is 52.8 Å². The highest BCUT2D eigenvalue weighted by molar-refractivity contribution is 7.46. The van der Waals surface area contributed by atoms with Crippen LogP contribution in [0.1, 0.15) is 38.1 Å². The zero-order chi connectivity index (χ0) is 34.6. The van der Waals surface area contributed by atoms with Crippen LogP contribution in [0.5, 0.6) is 0 Å². The zero-order valence-electron chi connectivity index (χ0n) is 26.5. The summed E-state index contributed by atoms with van der Waals surface area (Å²) in [6.07, 6.45) is 5.45. The van der Waals surface area contributed by atoms with E-state index in [1.807, 2.05) is 41.1 Å². The van der Waals surface area contributed by atoms with Crippen molar-refractivity contribution in [1.82, 2.24) is 34.1 Å². The van der Waals surface area contributed by atoms with E-state index in [4.69, 9.17) is 34.6 Å². The first kappa shape index (κ1) is 32.5. The molecule has 0 spiro atoms. The van der Waals surface area contributed by atoms with Gasteiger partial charge in [0.1, 0.15) is 41.6 Å².